The number of amides is 1. The Morgan fingerprint density at radius 3 is 2.41 bits per heavy atom. The Balaban J connectivity index is 1.15. The Labute approximate surface area is 220 Å². The standard InChI is InChI=1S/C30H25N3O3S/c1-2-20-8-17-27-26(18-20)32-29(36-27)23-9-13-24(14-10-23)31-30(37)33-28(34)22-11-15-25(16-12-22)35-19-21-6-4-3-5-7-21/h3-18H,2,19H2,1H3,(H2,31,33,34,37). The van der Waals surface area contributed by atoms with E-state index >= 15 is 0 Å². The van der Waals surface area contributed by atoms with Gasteiger partial charge in [0.15, 0.2) is 10.7 Å². The topological polar surface area (TPSA) is 76.4 Å². The van der Waals surface area contributed by atoms with Gasteiger partial charge in [0.2, 0.25) is 5.89 Å². The van der Waals surface area contributed by atoms with E-state index in [9.17, 15) is 4.79 Å². The van der Waals surface area contributed by atoms with E-state index in [4.69, 9.17) is 21.4 Å². The molecule has 184 valence electrons. The molecule has 4 aromatic carbocycles. The van der Waals surface area contributed by atoms with Gasteiger partial charge in [-0.3, -0.25) is 10.1 Å². The highest BCUT2D eigenvalue weighted by atomic mass is 32.1. The number of nitrogens with zero attached hydrogens (tertiary/aromatic N) is 1. The monoisotopic (exact) mass is 507 g/mol. The van der Waals surface area contributed by atoms with Crippen LogP contribution in [0.4, 0.5) is 5.69 Å². The van der Waals surface area contributed by atoms with Gasteiger partial charge in [-0.1, -0.05) is 43.3 Å². The molecular formula is C30H25N3O3S. The number of nitrogens with one attached hydrogen (secondary N) is 2. The molecule has 0 aliphatic heterocycles. The van der Waals surface area contributed by atoms with E-state index in [1.807, 2.05) is 72.8 Å². The average Bonchev–Trinajstić information content (AvgIpc) is 3.36. The third-order valence-corrected chi connectivity index (χ3v) is 6.05. The van der Waals surface area contributed by atoms with E-state index in [0.717, 1.165) is 34.3 Å². The van der Waals surface area contributed by atoms with Gasteiger partial charge < -0.3 is 14.5 Å². The van der Waals surface area contributed by atoms with Crippen LogP contribution in [-0.2, 0) is 13.0 Å². The number of anilines is 1. The second-order valence-electron chi connectivity index (χ2n) is 8.46. The smallest absolute Gasteiger partial charge is 0.257 e. The van der Waals surface area contributed by atoms with E-state index in [0.29, 0.717) is 23.8 Å². The van der Waals surface area contributed by atoms with Crippen LogP contribution in [0.3, 0.4) is 0 Å². The van der Waals surface area contributed by atoms with Crippen LogP contribution in [0.1, 0.15) is 28.4 Å². The highest BCUT2D eigenvalue weighted by Gasteiger charge is 2.11. The van der Waals surface area contributed by atoms with Crippen LogP contribution in [0.15, 0.2) is 101 Å². The summed E-state index contributed by atoms with van der Waals surface area (Å²) in [6, 6.07) is 30.4. The first-order valence-electron chi connectivity index (χ1n) is 12.0. The Hall–Kier alpha value is -4.49. The lowest BCUT2D eigenvalue weighted by Gasteiger charge is -2.11. The molecule has 0 saturated carbocycles. The van der Waals surface area contributed by atoms with Gasteiger partial charge in [0, 0.05) is 16.8 Å². The van der Waals surface area contributed by atoms with E-state index in [-0.39, 0.29) is 11.0 Å². The fourth-order valence-electron chi connectivity index (χ4n) is 3.79. The minimum atomic E-state index is -0.304. The number of aromatic nitrogens is 1. The minimum Gasteiger partial charge on any atom is -0.489 e. The van der Waals surface area contributed by atoms with Crippen molar-refractivity contribution in [3.63, 3.8) is 0 Å². The molecule has 0 unspecified atom stereocenters. The normalized spacial score (nSPS) is 10.7. The molecule has 5 rings (SSSR count). The van der Waals surface area contributed by atoms with Crippen LogP contribution in [0.5, 0.6) is 5.75 Å². The number of fused-ring (bicyclic) bond motifs is 1. The number of oxazole rings is 1. The number of carbonyl (C=O) groups is 1. The van der Waals surface area contributed by atoms with Crippen molar-refractivity contribution in [1.82, 2.24) is 10.3 Å². The molecule has 0 saturated heterocycles. The number of hydrogen-bond donors (Lipinski definition) is 2. The molecule has 1 heterocycles. The number of thiocarbonyl (C=S) groups is 1. The first-order chi connectivity index (χ1) is 18.1. The lowest BCUT2D eigenvalue weighted by atomic mass is 10.1. The van der Waals surface area contributed by atoms with Crippen LogP contribution in [0.25, 0.3) is 22.6 Å². The molecule has 0 aliphatic rings. The zero-order valence-electron chi connectivity index (χ0n) is 20.2. The van der Waals surface area contributed by atoms with Crippen molar-refractivity contribution in [2.24, 2.45) is 0 Å². The number of carbonyl (C=O) groups excluding carboxylic acids is 1. The van der Waals surface area contributed by atoms with Crippen LogP contribution in [-0.4, -0.2) is 16.0 Å². The van der Waals surface area contributed by atoms with E-state index in [1.54, 1.807) is 24.3 Å². The molecular weight excluding hydrogens is 482 g/mol. The molecule has 7 heteroatoms. The van der Waals surface area contributed by atoms with Gasteiger partial charge in [-0.2, -0.15) is 0 Å². The molecule has 5 aromatic rings. The van der Waals surface area contributed by atoms with Gasteiger partial charge in [-0.15, -0.1) is 0 Å². The van der Waals surface area contributed by atoms with Crippen LogP contribution in [0, 0.1) is 0 Å². The summed E-state index contributed by atoms with van der Waals surface area (Å²) in [7, 11) is 0. The van der Waals surface area contributed by atoms with E-state index < -0.39 is 0 Å². The average molecular weight is 508 g/mol. The maximum atomic E-state index is 12.6. The highest BCUT2D eigenvalue weighted by Crippen LogP contribution is 2.26. The Morgan fingerprint density at radius 1 is 0.919 bits per heavy atom. The molecule has 0 bridgehead atoms. The van der Waals surface area contributed by atoms with Gasteiger partial charge in [-0.25, -0.2) is 4.98 Å². The summed E-state index contributed by atoms with van der Waals surface area (Å²) in [5.74, 6) is 0.939. The molecule has 0 aliphatic carbocycles. The third kappa shape index (κ3) is 6.02. The molecule has 0 radical (unpaired) electrons. The van der Waals surface area contributed by atoms with Crippen LogP contribution < -0.4 is 15.4 Å². The van der Waals surface area contributed by atoms with Gasteiger partial charge in [0.1, 0.15) is 17.9 Å². The largest absolute Gasteiger partial charge is 0.489 e. The summed E-state index contributed by atoms with van der Waals surface area (Å²) in [6.45, 7) is 2.57. The zero-order chi connectivity index (χ0) is 25.6. The first kappa shape index (κ1) is 24.2. The quantitative estimate of drug-likeness (QED) is 0.237. The van der Waals surface area contributed by atoms with Crippen molar-refractivity contribution < 1.29 is 13.9 Å². The van der Waals surface area contributed by atoms with Crippen molar-refractivity contribution in [3.8, 4) is 17.2 Å². The molecule has 1 aromatic heterocycles. The second-order valence-corrected chi connectivity index (χ2v) is 8.87. The lowest BCUT2D eigenvalue weighted by Crippen LogP contribution is -2.34. The number of rotatable bonds is 7. The maximum absolute atomic E-state index is 12.6. The van der Waals surface area contributed by atoms with E-state index in [2.05, 4.69) is 22.5 Å². The zero-order valence-corrected chi connectivity index (χ0v) is 21.0. The molecule has 1 amide bonds. The fraction of sp³-hybridized carbons (Fsp3) is 0.100. The molecule has 2 N–H and O–H groups in total. The lowest BCUT2D eigenvalue weighted by molar-refractivity contribution is 0.0977. The summed E-state index contributed by atoms with van der Waals surface area (Å²) in [5.41, 5.74) is 5.97. The van der Waals surface area contributed by atoms with Crippen molar-refractivity contribution in [3.05, 3.63) is 114 Å². The summed E-state index contributed by atoms with van der Waals surface area (Å²) in [6.07, 6.45) is 0.948. The van der Waals surface area contributed by atoms with Crippen molar-refractivity contribution in [2.75, 3.05) is 5.32 Å². The molecule has 37 heavy (non-hydrogen) atoms. The number of benzene rings is 4. The Bertz CT molecular complexity index is 1530. The predicted molar refractivity (Wildman–Crippen MR) is 150 cm³/mol. The third-order valence-electron chi connectivity index (χ3n) is 5.84. The molecule has 0 fully saturated rings. The number of aryl methyl sites for hydroxylation is 1. The van der Waals surface area contributed by atoms with Gasteiger partial charge >= 0.3 is 0 Å². The van der Waals surface area contributed by atoms with Crippen LogP contribution in [0.2, 0.25) is 0 Å². The Kier molecular flexibility index (Phi) is 7.23. The maximum Gasteiger partial charge on any atom is 0.257 e. The first-order valence-corrected chi connectivity index (χ1v) is 12.4. The summed E-state index contributed by atoms with van der Waals surface area (Å²) in [5, 5.41) is 5.95. The van der Waals surface area contributed by atoms with Gasteiger partial charge in [-0.05, 0) is 90.4 Å². The fourth-order valence-corrected chi connectivity index (χ4v) is 4.00. The second kappa shape index (κ2) is 11.1. The molecule has 6 nitrogen and oxygen atoms in total. The summed E-state index contributed by atoms with van der Waals surface area (Å²) in [4.78, 5) is 17.2. The SMILES string of the molecule is CCc1ccc2oc(-c3ccc(NC(=S)NC(=O)c4ccc(OCc5ccccc5)cc4)cc3)nc2c1. The van der Waals surface area contributed by atoms with E-state index in [1.165, 1.54) is 5.56 Å². The van der Waals surface area contributed by atoms with Gasteiger partial charge in [0.25, 0.3) is 5.91 Å². The summed E-state index contributed by atoms with van der Waals surface area (Å²) < 4.78 is 11.7. The van der Waals surface area contributed by atoms with Crippen molar-refractivity contribution in [1.29, 1.82) is 0 Å². The number of hydrogen-bond acceptors (Lipinski definition) is 5. The number of ether oxygens (including phenoxy) is 1. The highest BCUT2D eigenvalue weighted by molar-refractivity contribution is 7.80. The van der Waals surface area contributed by atoms with Gasteiger partial charge in [0.05, 0.1) is 0 Å². The van der Waals surface area contributed by atoms with Crippen LogP contribution >= 0.6 is 12.2 Å². The minimum absolute atomic E-state index is 0.205. The summed E-state index contributed by atoms with van der Waals surface area (Å²) >= 11 is 5.33. The Morgan fingerprint density at radius 2 is 1.68 bits per heavy atom. The van der Waals surface area contributed by atoms with Crippen molar-refractivity contribution in [2.45, 2.75) is 20.0 Å². The molecule has 0 atom stereocenters. The predicted octanol–water partition coefficient (Wildman–Crippen LogP) is 6.76. The van der Waals surface area contributed by atoms with Crippen molar-refractivity contribution >= 4 is 40.0 Å². The molecule has 0 spiro atoms.